The van der Waals surface area contributed by atoms with E-state index >= 15 is 0 Å². The van der Waals surface area contributed by atoms with E-state index in [0.29, 0.717) is 0 Å². The Morgan fingerprint density at radius 2 is 2.54 bits per heavy atom. The Bertz CT molecular complexity index is 311. The van der Waals surface area contributed by atoms with Gasteiger partial charge in [-0.2, -0.15) is 4.58 Å². The normalized spacial score (nSPS) is 15.5. The number of nitrogens with one attached hydrogen (secondary N) is 1. The zero-order valence-electron chi connectivity index (χ0n) is 7.66. The van der Waals surface area contributed by atoms with E-state index < -0.39 is 0 Å². The molecule has 1 rings (SSSR count). The van der Waals surface area contributed by atoms with Crippen molar-refractivity contribution >= 4 is 12.1 Å². The molecule has 68 valence electrons. The highest BCUT2D eigenvalue weighted by Crippen LogP contribution is 2.00. The second-order valence-electron chi connectivity index (χ2n) is 2.56. The molecule has 1 aliphatic heterocycles. The van der Waals surface area contributed by atoms with Crippen molar-refractivity contribution < 1.29 is 9.37 Å². The van der Waals surface area contributed by atoms with Crippen molar-refractivity contribution in [2.45, 2.75) is 6.42 Å². The Labute approximate surface area is 77.8 Å². The minimum Gasteiger partial charge on any atom is -0.277 e. The maximum absolute atomic E-state index is 11.4. The molecule has 1 heterocycles. The lowest BCUT2D eigenvalue weighted by Gasteiger charge is -2.01. The summed E-state index contributed by atoms with van der Waals surface area (Å²) in [6.45, 7) is 3.44. The van der Waals surface area contributed by atoms with Crippen LogP contribution in [0.5, 0.6) is 0 Å². The molecule has 0 atom stereocenters. The number of allylic oxidation sites excluding steroid dienone is 3. The predicted molar refractivity (Wildman–Crippen MR) is 52.4 cm³/mol. The molecule has 1 amide bonds. The molecule has 0 aromatic heterocycles. The van der Waals surface area contributed by atoms with Gasteiger partial charge in [-0.25, -0.2) is 4.79 Å². The molecule has 0 aliphatic carbocycles. The van der Waals surface area contributed by atoms with Gasteiger partial charge in [0.2, 0.25) is 0 Å². The van der Waals surface area contributed by atoms with Gasteiger partial charge in [-0.1, -0.05) is 12.7 Å². The summed E-state index contributed by atoms with van der Waals surface area (Å²) < 4.78 is 1.52. The molecule has 0 fully saturated rings. The largest absolute Gasteiger partial charge is 0.337 e. The van der Waals surface area contributed by atoms with E-state index in [2.05, 4.69) is 11.9 Å². The van der Waals surface area contributed by atoms with Crippen LogP contribution >= 0.6 is 0 Å². The number of carbonyl (C=O) groups excluding carboxylic acids is 1. The molecule has 0 spiro atoms. The number of nitrogens with zero attached hydrogens (tertiary/aromatic N) is 1. The van der Waals surface area contributed by atoms with Gasteiger partial charge in [0.15, 0.2) is 0 Å². The Morgan fingerprint density at radius 1 is 1.77 bits per heavy atom. The summed E-state index contributed by atoms with van der Waals surface area (Å²) in [7, 11) is 1.79. The minimum absolute atomic E-state index is 0.132. The average molecular weight is 177 g/mol. The fourth-order valence-electron chi connectivity index (χ4n) is 1.10. The third-order valence-corrected chi connectivity index (χ3v) is 1.75. The number of hydrogen-bond acceptors (Lipinski definition) is 2. The molecule has 3 heteroatoms. The topological polar surface area (TPSA) is 32.1 Å². The van der Waals surface area contributed by atoms with Crippen molar-refractivity contribution in [2.75, 3.05) is 7.05 Å². The van der Waals surface area contributed by atoms with Crippen LogP contribution in [0.2, 0.25) is 0 Å². The van der Waals surface area contributed by atoms with Crippen LogP contribution in [-0.4, -0.2) is 23.7 Å². The van der Waals surface area contributed by atoms with Gasteiger partial charge in [0, 0.05) is 12.2 Å². The number of rotatable bonds is 2. The third kappa shape index (κ3) is 2.15. The van der Waals surface area contributed by atoms with Crippen LogP contribution < -0.4 is 5.32 Å². The highest BCUT2D eigenvalue weighted by Gasteiger charge is 2.15. The number of amides is 1. The molecule has 13 heavy (non-hydrogen) atoms. The first-order valence-corrected chi connectivity index (χ1v) is 4.13. The van der Waals surface area contributed by atoms with Gasteiger partial charge < -0.3 is 0 Å². The van der Waals surface area contributed by atoms with E-state index in [1.807, 2.05) is 18.2 Å². The highest BCUT2D eigenvalue weighted by atomic mass is 16.2. The fourth-order valence-corrected chi connectivity index (χ4v) is 1.10. The summed E-state index contributed by atoms with van der Waals surface area (Å²) in [5, 5.41) is 2.96. The standard InChI is InChI=1S/C10H13N2O/c1-3-10(13)12-8-6-4-5-7-9(12)11-2/h3-4,6-8,11H,1,5H2,2H3/q+1. The van der Waals surface area contributed by atoms with Gasteiger partial charge in [0.25, 0.3) is 5.82 Å². The van der Waals surface area contributed by atoms with Crippen molar-refractivity contribution in [1.82, 2.24) is 5.32 Å². The van der Waals surface area contributed by atoms with Crippen molar-refractivity contribution in [2.24, 2.45) is 0 Å². The van der Waals surface area contributed by atoms with E-state index in [0.717, 1.165) is 12.2 Å². The second kappa shape index (κ2) is 4.40. The quantitative estimate of drug-likeness (QED) is 0.500. The second-order valence-corrected chi connectivity index (χ2v) is 2.56. The van der Waals surface area contributed by atoms with Crippen LogP contribution in [0.3, 0.4) is 0 Å². The van der Waals surface area contributed by atoms with E-state index in [9.17, 15) is 4.79 Å². The zero-order chi connectivity index (χ0) is 9.68. The van der Waals surface area contributed by atoms with E-state index in [-0.39, 0.29) is 5.91 Å². The summed E-state index contributed by atoms with van der Waals surface area (Å²) in [5.74, 6) is 0.655. The molecule has 0 bridgehead atoms. The first-order chi connectivity index (χ1) is 6.29. The Morgan fingerprint density at radius 3 is 3.15 bits per heavy atom. The first-order valence-electron chi connectivity index (χ1n) is 4.13. The van der Waals surface area contributed by atoms with Gasteiger partial charge in [-0.3, -0.25) is 5.32 Å². The molecule has 0 saturated carbocycles. The minimum atomic E-state index is -0.132. The van der Waals surface area contributed by atoms with E-state index in [1.54, 1.807) is 13.3 Å². The lowest BCUT2D eigenvalue weighted by atomic mass is 10.4. The molecular weight excluding hydrogens is 164 g/mol. The van der Waals surface area contributed by atoms with Gasteiger partial charge >= 0.3 is 5.91 Å². The molecule has 0 saturated heterocycles. The van der Waals surface area contributed by atoms with Crippen molar-refractivity contribution in [3.63, 3.8) is 0 Å². The Hall–Kier alpha value is -1.64. The van der Waals surface area contributed by atoms with Crippen LogP contribution in [0.4, 0.5) is 0 Å². The van der Waals surface area contributed by atoms with Crippen molar-refractivity contribution in [3.05, 3.63) is 36.7 Å². The molecule has 1 N–H and O–H groups in total. The summed E-state index contributed by atoms with van der Waals surface area (Å²) >= 11 is 0. The van der Waals surface area contributed by atoms with E-state index in [1.165, 1.54) is 10.7 Å². The summed E-state index contributed by atoms with van der Waals surface area (Å²) in [5.41, 5.74) is 0. The Kier molecular flexibility index (Phi) is 3.20. The van der Waals surface area contributed by atoms with Crippen molar-refractivity contribution in [3.8, 4) is 0 Å². The molecule has 3 nitrogen and oxygen atoms in total. The maximum atomic E-state index is 11.4. The number of carbonyl (C=O) groups is 1. The summed E-state index contributed by atoms with van der Waals surface area (Å²) in [6.07, 6.45) is 9.62. The van der Waals surface area contributed by atoms with Crippen LogP contribution in [0.1, 0.15) is 6.42 Å². The van der Waals surface area contributed by atoms with Crippen molar-refractivity contribution in [1.29, 1.82) is 0 Å². The molecular formula is C10H13N2O+. The Balaban J connectivity index is 3.01. The van der Waals surface area contributed by atoms with Gasteiger partial charge in [0.1, 0.15) is 0 Å². The van der Waals surface area contributed by atoms with Crippen LogP contribution in [-0.2, 0) is 4.79 Å². The van der Waals surface area contributed by atoms with Gasteiger partial charge in [-0.05, 0) is 12.5 Å². The molecule has 1 aliphatic rings. The zero-order valence-corrected chi connectivity index (χ0v) is 7.66. The lowest BCUT2D eigenvalue weighted by Crippen LogP contribution is -2.26. The number of hydrogen-bond donors (Lipinski definition) is 1. The predicted octanol–water partition coefficient (Wildman–Crippen LogP) is 0.803. The highest BCUT2D eigenvalue weighted by molar-refractivity contribution is 5.85. The van der Waals surface area contributed by atoms with E-state index in [4.69, 9.17) is 0 Å². The maximum Gasteiger partial charge on any atom is 0.337 e. The van der Waals surface area contributed by atoms with Gasteiger partial charge in [0.05, 0.1) is 13.3 Å². The molecule has 0 radical (unpaired) electrons. The average Bonchev–Trinajstić information content (AvgIpc) is 2.41. The summed E-state index contributed by atoms with van der Waals surface area (Å²) in [4.78, 5) is 11.4. The third-order valence-electron chi connectivity index (χ3n) is 1.75. The summed E-state index contributed by atoms with van der Waals surface area (Å²) in [6, 6.07) is 0. The smallest absolute Gasteiger partial charge is 0.277 e. The lowest BCUT2D eigenvalue weighted by molar-refractivity contribution is -0.395. The monoisotopic (exact) mass is 177 g/mol. The van der Waals surface area contributed by atoms with Crippen LogP contribution in [0.15, 0.2) is 36.7 Å². The molecule has 0 aromatic rings. The van der Waals surface area contributed by atoms with Crippen LogP contribution in [0, 0.1) is 0 Å². The molecule has 0 aromatic carbocycles. The fraction of sp³-hybridized carbons (Fsp3) is 0.200. The van der Waals surface area contributed by atoms with Gasteiger partial charge in [-0.15, -0.1) is 0 Å². The first kappa shape index (κ1) is 9.45. The van der Waals surface area contributed by atoms with Crippen LogP contribution in [0.25, 0.3) is 0 Å². The SMILES string of the molecule is C=CC(=O)[N+]1=CC=CCC=C1NC. The molecule has 0 unspecified atom stereocenters.